The van der Waals surface area contributed by atoms with E-state index in [0.717, 1.165) is 6.20 Å². The normalized spacial score (nSPS) is 11.2. The fourth-order valence-electron chi connectivity index (χ4n) is 2.05. The summed E-state index contributed by atoms with van der Waals surface area (Å²) < 4.78 is 28.7. The Morgan fingerprint density at radius 1 is 1.04 bits per heavy atom. The number of carboxylic acids is 1. The summed E-state index contributed by atoms with van der Waals surface area (Å²) in [4.78, 5) is 10.8. The largest absolute Gasteiger partial charge is 0.478 e. The first-order valence-corrected chi connectivity index (χ1v) is 8.28. The molecule has 8 nitrogen and oxygen atoms in total. The quantitative estimate of drug-likeness (QED) is 0.729. The van der Waals surface area contributed by atoms with Gasteiger partial charge in [0, 0.05) is 5.69 Å². The minimum atomic E-state index is -3.94. The van der Waals surface area contributed by atoms with E-state index in [0.29, 0.717) is 5.69 Å². The van der Waals surface area contributed by atoms with Crippen LogP contribution in [0.3, 0.4) is 0 Å². The van der Waals surface area contributed by atoms with Crippen molar-refractivity contribution in [1.29, 1.82) is 0 Å². The zero-order valence-corrected chi connectivity index (χ0v) is 13.0. The van der Waals surface area contributed by atoms with Crippen LogP contribution >= 0.6 is 0 Å². The number of sulfonamides is 1. The van der Waals surface area contributed by atoms with Gasteiger partial charge >= 0.3 is 5.97 Å². The molecule has 2 aromatic carbocycles. The third-order valence-corrected chi connectivity index (χ3v) is 4.51. The van der Waals surface area contributed by atoms with Crippen LogP contribution in [0.1, 0.15) is 10.4 Å². The van der Waals surface area contributed by atoms with Gasteiger partial charge in [-0.2, -0.15) is 13.1 Å². The summed E-state index contributed by atoms with van der Waals surface area (Å²) in [5.41, 5.74) is 0.853. The summed E-state index contributed by atoms with van der Waals surface area (Å²) in [6, 6.07) is 14.1. The Balaban J connectivity index is 1.92. The monoisotopic (exact) mass is 344 g/mol. The molecule has 0 saturated heterocycles. The Hall–Kier alpha value is -3.20. The zero-order valence-electron chi connectivity index (χ0n) is 12.2. The molecule has 3 aromatic rings. The van der Waals surface area contributed by atoms with Gasteiger partial charge in [-0.05, 0) is 36.4 Å². The number of carboxylic acid groups (broad SMARTS) is 1. The molecule has 0 atom stereocenters. The molecular weight excluding hydrogens is 332 g/mol. The molecule has 0 spiro atoms. The van der Waals surface area contributed by atoms with E-state index in [1.54, 1.807) is 30.3 Å². The van der Waals surface area contributed by atoms with Crippen LogP contribution in [0, 0.1) is 0 Å². The second-order valence-corrected chi connectivity index (χ2v) is 6.44. The molecule has 0 saturated carbocycles. The molecule has 0 amide bonds. The highest BCUT2D eigenvalue weighted by molar-refractivity contribution is 7.92. The van der Waals surface area contributed by atoms with Gasteiger partial charge in [-0.1, -0.05) is 23.4 Å². The minimum absolute atomic E-state index is 0.0638. The first-order chi connectivity index (χ1) is 11.5. The highest BCUT2D eigenvalue weighted by atomic mass is 32.2. The van der Waals surface area contributed by atoms with Crippen molar-refractivity contribution in [3.63, 3.8) is 0 Å². The Kier molecular flexibility index (Phi) is 4.00. The Morgan fingerprint density at radius 2 is 1.71 bits per heavy atom. The number of rotatable bonds is 5. The maximum absolute atomic E-state index is 12.5. The number of nitrogens with zero attached hydrogens (tertiary/aromatic N) is 3. The number of anilines is 1. The fraction of sp³-hybridized carbons (Fsp3) is 0. The van der Waals surface area contributed by atoms with Crippen LogP contribution in [0.4, 0.5) is 5.69 Å². The van der Waals surface area contributed by atoms with Gasteiger partial charge in [0.05, 0.1) is 17.4 Å². The van der Waals surface area contributed by atoms with Gasteiger partial charge in [0.15, 0.2) is 5.03 Å². The fourth-order valence-corrected chi connectivity index (χ4v) is 3.15. The molecule has 1 aromatic heterocycles. The van der Waals surface area contributed by atoms with E-state index in [-0.39, 0.29) is 16.3 Å². The number of hydrogen-bond acceptors (Lipinski definition) is 5. The van der Waals surface area contributed by atoms with Crippen LogP contribution in [0.15, 0.2) is 65.8 Å². The van der Waals surface area contributed by atoms with Gasteiger partial charge in [0.1, 0.15) is 0 Å². The highest BCUT2D eigenvalue weighted by Gasteiger charge is 2.21. The SMILES string of the molecule is O=C(O)c1ccc(NS(=O)(=O)c2cnnn2-c2ccccc2)cc1. The number of carbonyl (C=O) groups is 1. The van der Waals surface area contributed by atoms with E-state index in [1.807, 2.05) is 0 Å². The van der Waals surface area contributed by atoms with Crippen LogP contribution in [-0.2, 0) is 10.0 Å². The first kappa shape index (κ1) is 15.7. The van der Waals surface area contributed by atoms with Crippen molar-refractivity contribution in [2.45, 2.75) is 5.03 Å². The van der Waals surface area contributed by atoms with Crippen LogP contribution in [0.5, 0.6) is 0 Å². The third-order valence-electron chi connectivity index (χ3n) is 3.18. The lowest BCUT2D eigenvalue weighted by atomic mass is 10.2. The summed E-state index contributed by atoms with van der Waals surface area (Å²) in [6.07, 6.45) is 1.14. The lowest BCUT2D eigenvalue weighted by molar-refractivity contribution is 0.0697. The average molecular weight is 344 g/mol. The van der Waals surface area contributed by atoms with Gasteiger partial charge in [-0.25, -0.2) is 4.79 Å². The van der Waals surface area contributed by atoms with E-state index in [2.05, 4.69) is 15.0 Å². The third kappa shape index (κ3) is 3.10. The van der Waals surface area contributed by atoms with Crippen LogP contribution < -0.4 is 4.72 Å². The smallest absolute Gasteiger partial charge is 0.335 e. The molecule has 0 fully saturated rings. The maximum Gasteiger partial charge on any atom is 0.335 e. The summed E-state index contributed by atoms with van der Waals surface area (Å²) >= 11 is 0. The van der Waals surface area contributed by atoms with E-state index >= 15 is 0 Å². The second kappa shape index (κ2) is 6.13. The lowest BCUT2D eigenvalue weighted by Crippen LogP contribution is -2.17. The predicted molar refractivity (Wildman–Crippen MR) is 85.6 cm³/mol. The standard InChI is InChI=1S/C15H12N4O4S/c20-15(21)11-6-8-12(9-7-11)17-24(22,23)14-10-16-18-19(14)13-4-2-1-3-5-13/h1-10,17H,(H,20,21). The van der Waals surface area contributed by atoms with E-state index in [9.17, 15) is 13.2 Å². The van der Waals surface area contributed by atoms with Crippen molar-refractivity contribution in [3.8, 4) is 5.69 Å². The van der Waals surface area contributed by atoms with E-state index in [4.69, 9.17) is 5.11 Å². The summed E-state index contributed by atoms with van der Waals surface area (Å²) in [5, 5.41) is 16.2. The van der Waals surface area contributed by atoms with Gasteiger partial charge < -0.3 is 5.11 Å². The molecule has 122 valence electrons. The Bertz CT molecular complexity index is 966. The summed E-state index contributed by atoms with van der Waals surface area (Å²) in [5.74, 6) is -1.09. The van der Waals surface area contributed by atoms with Crippen molar-refractivity contribution in [1.82, 2.24) is 15.0 Å². The first-order valence-electron chi connectivity index (χ1n) is 6.80. The summed E-state index contributed by atoms with van der Waals surface area (Å²) in [6.45, 7) is 0. The molecule has 0 aliphatic rings. The Labute approximate surface area is 137 Å². The molecule has 9 heteroatoms. The van der Waals surface area contributed by atoms with Crippen molar-refractivity contribution in [2.24, 2.45) is 0 Å². The molecule has 1 heterocycles. The van der Waals surface area contributed by atoms with Crippen molar-refractivity contribution in [3.05, 3.63) is 66.4 Å². The molecule has 0 aliphatic carbocycles. The minimum Gasteiger partial charge on any atom is -0.478 e. The average Bonchev–Trinajstić information content (AvgIpc) is 3.06. The van der Waals surface area contributed by atoms with Gasteiger partial charge in [0.2, 0.25) is 0 Å². The van der Waals surface area contributed by atoms with Crippen LogP contribution in [0.2, 0.25) is 0 Å². The van der Waals surface area contributed by atoms with Crippen molar-refractivity contribution < 1.29 is 18.3 Å². The van der Waals surface area contributed by atoms with Gasteiger partial charge in [-0.15, -0.1) is 5.10 Å². The molecule has 0 aliphatic heterocycles. The van der Waals surface area contributed by atoms with E-state index in [1.165, 1.54) is 28.9 Å². The maximum atomic E-state index is 12.5. The predicted octanol–water partition coefficient (Wildman–Crippen LogP) is 1.77. The zero-order chi connectivity index (χ0) is 17.2. The highest BCUT2D eigenvalue weighted by Crippen LogP contribution is 2.18. The van der Waals surface area contributed by atoms with E-state index < -0.39 is 16.0 Å². The molecule has 0 bridgehead atoms. The number of hydrogen-bond donors (Lipinski definition) is 2. The molecular formula is C15H12N4O4S. The summed E-state index contributed by atoms with van der Waals surface area (Å²) in [7, 11) is -3.94. The number of benzene rings is 2. The van der Waals surface area contributed by atoms with Crippen molar-refractivity contribution in [2.75, 3.05) is 4.72 Å². The number of para-hydroxylation sites is 1. The van der Waals surface area contributed by atoms with Gasteiger partial charge in [-0.3, -0.25) is 4.72 Å². The van der Waals surface area contributed by atoms with Crippen LogP contribution in [0.25, 0.3) is 5.69 Å². The molecule has 24 heavy (non-hydrogen) atoms. The molecule has 0 radical (unpaired) electrons. The topological polar surface area (TPSA) is 114 Å². The Morgan fingerprint density at radius 3 is 2.33 bits per heavy atom. The number of aromatic nitrogens is 3. The van der Waals surface area contributed by atoms with Gasteiger partial charge in [0.25, 0.3) is 10.0 Å². The molecule has 2 N–H and O–H groups in total. The van der Waals surface area contributed by atoms with Crippen molar-refractivity contribution >= 4 is 21.7 Å². The molecule has 0 unspecified atom stereocenters. The van der Waals surface area contributed by atoms with Crippen LogP contribution in [-0.4, -0.2) is 34.5 Å². The number of nitrogens with one attached hydrogen (secondary N) is 1. The molecule has 3 rings (SSSR count). The number of aromatic carboxylic acids is 1. The lowest BCUT2D eigenvalue weighted by Gasteiger charge is -2.09. The second-order valence-electron chi connectivity index (χ2n) is 4.81.